The van der Waals surface area contributed by atoms with Gasteiger partial charge in [-0.25, -0.2) is 0 Å². The van der Waals surface area contributed by atoms with Crippen molar-refractivity contribution >= 4 is 11.6 Å². The summed E-state index contributed by atoms with van der Waals surface area (Å²) in [5, 5.41) is 2.41. The molecule has 0 unspecified atom stereocenters. The van der Waals surface area contributed by atoms with Gasteiger partial charge in [0, 0.05) is 25.0 Å². The number of methoxy groups -OCH3 is 1. The maximum atomic E-state index is 11.2. The minimum absolute atomic E-state index is 0.245. The molecule has 1 rings (SSSR count). The molecular weight excluding hydrogens is 196 g/mol. The summed E-state index contributed by atoms with van der Waals surface area (Å²) >= 11 is 0. The lowest BCUT2D eigenvalue weighted by Crippen LogP contribution is -2.13. The number of rotatable bonds is 3. The first kappa shape index (κ1) is 11.2. The van der Waals surface area contributed by atoms with Gasteiger partial charge in [0.25, 0.3) is 0 Å². The molecule has 0 fully saturated rings. The smallest absolute Gasteiger partial charge is 0.319 e. The van der Waals surface area contributed by atoms with E-state index in [9.17, 15) is 9.70 Å². The van der Waals surface area contributed by atoms with E-state index in [1.807, 2.05) is 0 Å². The number of nitrogens with zero attached hydrogens (tertiary/aromatic N) is 2. The third-order valence-electron chi connectivity index (χ3n) is 2.00. The van der Waals surface area contributed by atoms with E-state index < -0.39 is 5.91 Å². The Morgan fingerprint density at radius 3 is 2.53 bits per heavy atom. The van der Waals surface area contributed by atoms with Crippen molar-refractivity contribution in [2.75, 3.05) is 26.1 Å². The Bertz CT molecular complexity index is 388. The largest absolute Gasteiger partial charge is 0.497 e. The summed E-state index contributed by atoms with van der Waals surface area (Å²) in [6.07, 6.45) is 0. The van der Waals surface area contributed by atoms with Crippen LogP contribution in [0.25, 0.3) is 0 Å². The number of nitroso groups, excluding NO2 is 1. The van der Waals surface area contributed by atoms with Crippen molar-refractivity contribution in [1.82, 2.24) is 0 Å². The minimum Gasteiger partial charge on any atom is -0.497 e. The molecular formula is C10H12N2O3. The maximum absolute atomic E-state index is 11.2. The molecule has 1 amide bonds. The van der Waals surface area contributed by atoms with Gasteiger partial charge < -0.3 is 9.64 Å². The van der Waals surface area contributed by atoms with Crippen LogP contribution in [0.3, 0.4) is 0 Å². The molecule has 15 heavy (non-hydrogen) atoms. The normalized spacial score (nSPS) is 9.53. The second-order valence-electron chi connectivity index (χ2n) is 3.17. The first-order chi connectivity index (χ1) is 7.10. The van der Waals surface area contributed by atoms with Crippen LogP contribution in [0.15, 0.2) is 23.4 Å². The van der Waals surface area contributed by atoms with Crippen molar-refractivity contribution in [3.8, 4) is 5.75 Å². The van der Waals surface area contributed by atoms with E-state index in [1.165, 1.54) is 13.2 Å². The van der Waals surface area contributed by atoms with Gasteiger partial charge in [0.1, 0.15) is 5.75 Å². The lowest BCUT2D eigenvalue weighted by Gasteiger charge is -2.15. The van der Waals surface area contributed by atoms with Crippen LogP contribution in [-0.4, -0.2) is 27.1 Å². The van der Waals surface area contributed by atoms with Crippen LogP contribution in [0.1, 0.15) is 10.4 Å². The summed E-state index contributed by atoms with van der Waals surface area (Å²) in [5.74, 6) is -0.273. The zero-order chi connectivity index (χ0) is 11.4. The van der Waals surface area contributed by atoms with Crippen LogP contribution in [-0.2, 0) is 0 Å². The molecule has 0 aromatic heterocycles. The number of carbonyl (C=O) groups is 1. The summed E-state index contributed by atoms with van der Waals surface area (Å²) in [4.78, 5) is 23.2. The number of amides is 1. The Kier molecular flexibility index (Phi) is 3.38. The SMILES string of the molecule is COc1ccc(N(C)C)c(C(=O)N=O)c1. The van der Waals surface area contributed by atoms with Gasteiger partial charge >= 0.3 is 5.91 Å². The highest BCUT2D eigenvalue weighted by atomic mass is 16.5. The molecule has 0 aliphatic rings. The third kappa shape index (κ3) is 2.31. The van der Waals surface area contributed by atoms with Gasteiger partial charge in [-0.3, -0.25) is 4.79 Å². The first-order valence-corrected chi connectivity index (χ1v) is 4.33. The van der Waals surface area contributed by atoms with Crippen molar-refractivity contribution in [3.05, 3.63) is 28.7 Å². The molecule has 0 heterocycles. The van der Waals surface area contributed by atoms with Crippen LogP contribution in [0.5, 0.6) is 5.75 Å². The number of carbonyl (C=O) groups excluding carboxylic acids is 1. The van der Waals surface area contributed by atoms with Gasteiger partial charge in [-0.1, -0.05) is 0 Å². The Morgan fingerprint density at radius 1 is 1.40 bits per heavy atom. The van der Waals surface area contributed by atoms with Crippen LogP contribution >= 0.6 is 0 Å². The molecule has 0 saturated heterocycles. The minimum atomic E-state index is -0.794. The molecule has 1 aromatic rings. The molecule has 0 N–H and O–H groups in total. The molecule has 80 valence electrons. The standard InChI is InChI=1S/C10H12N2O3/c1-12(2)9-5-4-7(15-3)6-8(9)10(13)11-14/h4-6H,1-3H3. The van der Waals surface area contributed by atoms with E-state index in [0.717, 1.165) is 0 Å². The van der Waals surface area contributed by atoms with Gasteiger partial charge in [0.2, 0.25) is 0 Å². The maximum Gasteiger partial charge on any atom is 0.319 e. The molecule has 0 saturated carbocycles. The number of hydrogen-bond acceptors (Lipinski definition) is 4. The van der Waals surface area contributed by atoms with E-state index >= 15 is 0 Å². The number of anilines is 1. The molecule has 5 heteroatoms. The quantitative estimate of drug-likeness (QED) is 0.709. The Labute approximate surface area is 87.6 Å². The zero-order valence-corrected chi connectivity index (χ0v) is 8.85. The highest BCUT2D eigenvalue weighted by Gasteiger charge is 2.14. The van der Waals surface area contributed by atoms with Crippen LogP contribution in [0.2, 0.25) is 0 Å². The predicted octanol–water partition coefficient (Wildman–Crippen LogP) is 1.67. The second-order valence-corrected chi connectivity index (χ2v) is 3.17. The molecule has 5 nitrogen and oxygen atoms in total. The number of benzene rings is 1. The van der Waals surface area contributed by atoms with Gasteiger partial charge in [-0.2, -0.15) is 0 Å². The fourth-order valence-electron chi connectivity index (χ4n) is 1.25. The lowest BCUT2D eigenvalue weighted by atomic mass is 10.1. The first-order valence-electron chi connectivity index (χ1n) is 4.33. The summed E-state index contributed by atoms with van der Waals surface area (Å²) in [5.41, 5.74) is 0.884. The fraction of sp³-hybridized carbons (Fsp3) is 0.300. The highest BCUT2D eigenvalue weighted by molar-refractivity contribution is 6.00. The molecule has 0 bridgehead atoms. The Morgan fingerprint density at radius 2 is 2.07 bits per heavy atom. The Hall–Kier alpha value is -1.91. The van der Waals surface area contributed by atoms with E-state index in [2.05, 4.69) is 5.18 Å². The molecule has 0 radical (unpaired) electrons. The van der Waals surface area contributed by atoms with E-state index in [1.54, 1.807) is 31.1 Å². The zero-order valence-electron chi connectivity index (χ0n) is 8.85. The molecule has 0 aliphatic heterocycles. The van der Waals surface area contributed by atoms with E-state index in [4.69, 9.17) is 4.74 Å². The number of ether oxygens (including phenoxy) is 1. The van der Waals surface area contributed by atoms with Crippen LogP contribution in [0, 0.1) is 4.91 Å². The van der Waals surface area contributed by atoms with Crippen molar-refractivity contribution in [2.24, 2.45) is 5.18 Å². The second kappa shape index (κ2) is 4.54. The fourth-order valence-corrected chi connectivity index (χ4v) is 1.25. The summed E-state index contributed by atoms with van der Waals surface area (Å²) in [7, 11) is 5.06. The van der Waals surface area contributed by atoms with Crippen molar-refractivity contribution in [3.63, 3.8) is 0 Å². The molecule has 0 spiro atoms. The van der Waals surface area contributed by atoms with Crippen LogP contribution < -0.4 is 9.64 Å². The molecule has 0 aliphatic carbocycles. The van der Waals surface area contributed by atoms with Gasteiger partial charge in [-0.15, -0.1) is 4.91 Å². The lowest BCUT2D eigenvalue weighted by molar-refractivity contribution is 0.100. The van der Waals surface area contributed by atoms with Gasteiger partial charge in [0.05, 0.1) is 12.7 Å². The van der Waals surface area contributed by atoms with E-state index in [0.29, 0.717) is 11.4 Å². The molecule has 1 aromatic carbocycles. The highest BCUT2D eigenvalue weighted by Crippen LogP contribution is 2.24. The van der Waals surface area contributed by atoms with Crippen molar-refractivity contribution < 1.29 is 9.53 Å². The summed E-state index contributed by atoms with van der Waals surface area (Å²) < 4.78 is 4.97. The van der Waals surface area contributed by atoms with Crippen LogP contribution in [0.4, 0.5) is 5.69 Å². The van der Waals surface area contributed by atoms with E-state index in [-0.39, 0.29) is 5.56 Å². The third-order valence-corrected chi connectivity index (χ3v) is 2.00. The van der Waals surface area contributed by atoms with Gasteiger partial charge in [-0.05, 0) is 18.2 Å². The number of hydrogen-bond donors (Lipinski definition) is 0. The van der Waals surface area contributed by atoms with Crippen molar-refractivity contribution in [1.29, 1.82) is 0 Å². The molecule has 0 atom stereocenters. The topological polar surface area (TPSA) is 59.0 Å². The van der Waals surface area contributed by atoms with Gasteiger partial charge in [0.15, 0.2) is 0 Å². The average molecular weight is 208 g/mol. The monoisotopic (exact) mass is 208 g/mol. The summed E-state index contributed by atoms with van der Waals surface area (Å²) in [6.45, 7) is 0. The summed E-state index contributed by atoms with van der Waals surface area (Å²) in [6, 6.07) is 4.92. The Balaban J connectivity index is 3.28. The average Bonchev–Trinajstić information content (AvgIpc) is 2.26. The predicted molar refractivity (Wildman–Crippen MR) is 57.4 cm³/mol. The van der Waals surface area contributed by atoms with Crippen molar-refractivity contribution in [2.45, 2.75) is 0 Å².